The van der Waals surface area contributed by atoms with Crippen LogP contribution < -0.4 is 11.2 Å². The third kappa shape index (κ3) is 4.13. The van der Waals surface area contributed by atoms with Gasteiger partial charge in [-0.1, -0.05) is 24.3 Å². The van der Waals surface area contributed by atoms with Crippen LogP contribution in [0, 0.1) is 0 Å². The van der Waals surface area contributed by atoms with E-state index in [9.17, 15) is 0 Å². The van der Waals surface area contributed by atoms with Gasteiger partial charge in [0.05, 0.1) is 6.21 Å². The second-order valence-corrected chi connectivity index (χ2v) is 4.75. The van der Waals surface area contributed by atoms with Gasteiger partial charge in [0.15, 0.2) is 0 Å². The number of nitrogens with one attached hydrogen (secondary N) is 1. The van der Waals surface area contributed by atoms with E-state index in [2.05, 4.69) is 27.5 Å². The third-order valence-corrected chi connectivity index (χ3v) is 3.34. The Morgan fingerprint density at radius 3 is 2.61 bits per heavy atom. The maximum atomic E-state index is 5.11. The zero-order valence-electron chi connectivity index (χ0n) is 10.8. The van der Waals surface area contributed by atoms with Crippen LogP contribution in [-0.2, 0) is 6.54 Å². The van der Waals surface area contributed by atoms with Crippen molar-refractivity contribution < 1.29 is 0 Å². The van der Waals surface area contributed by atoms with E-state index < -0.39 is 0 Å². The lowest BCUT2D eigenvalue weighted by molar-refractivity contribution is 0.335. The predicted octanol–water partition coefficient (Wildman–Crippen LogP) is 1.16. The molecule has 4 nitrogen and oxygen atoms in total. The van der Waals surface area contributed by atoms with Crippen molar-refractivity contribution in [2.24, 2.45) is 10.9 Å². The smallest absolute Gasteiger partial charge is 0.0538 e. The Hall–Kier alpha value is -1.39. The summed E-state index contributed by atoms with van der Waals surface area (Å²) < 4.78 is 0. The molecule has 4 heteroatoms. The molecule has 0 aliphatic carbocycles. The summed E-state index contributed by atoms with van der Waals surface area (Å²) in [5, 5.41) is 6.99. The third-order valence-electron chi connectivity index (χ3n) is 3.34. The van der Waals surface area contributed by atoms with E-state index in [-0.39, 0.29) is 0 Å². The minimum Gasteiger partial charge on any atom is -0.323 e. The zero-order valence-corrected chi connectivity index (χ0v) is 10.8. The van der Waals surface area contributed by atoms with Crippen molar-refractivity contribution >= 4 is 6.21 Å². The molecule has 18 heavy (non-hydrogen) atoms. The predicted molar refractivity (Wildman–Crippen MR) is 75.6 cm³/mol. The van der Waals surface area contributed by atoms with E-state index in [1.54, 1.807) is 6.21 Å². The van der Waals surface area contributed by atoms with Crippen molar-refractivity contribution in [3.05, 3.63) is 35.4 Å². The first-order chi connectivity index (χ1) is 8.88. The number of benzene rings is 1. The first-order valence-corrected chi connectivity index (χ1v) is 6.64. The molecule has 2 rings (SSSR count). The summed E-state index contributed by atoms with van der Waals surface area (Å²) in [6.07, 6.45) is 4.39. The highest BCUT2D eigenvalue weighted by atomic mass is 15.1. The van der Waals surface area contributed by atoms with Gasteiger partial charge < -0.3 is 16.1 Å². The Morgan fingerprint density at radius 2 is 1.94 bits per heavy atom. The Balaban J connectivity index is 1.66. The number of rotatable bonds is 6. The molecule has 0 saturated carbocycles. The molecule has 0 spiro atoms. The highest BCUT2D eigenvalue weighted by Crippen LogP contribution is 2.06. The zero-order chi connectivity index (χ0) is 12.6. The van der Waals surface area contributed by atoms with Gasteiger partial charge in [-0.25, -0.2) is 0 Å². The van der Waals surface area contributed by atoms with Crippen molar-refractivity contribution in [2.45, 2.75) is 19.4 Å². The van der Waals surface area contributed by atoms with Gasteiger partial charge >= 0.3 is 0 Å². The van der Waals surface area contributed by atoms with E-state index in [0.717, 1.165) is 25.2 Å². The normalized spacial score (nSPS) is 16.7. The SMILES string of the molecule is NN=Cc1ccc(CNCCN2CCCC2)cc1. The molecule has 0 unspecified atom stereocenters. The van der Waals surface area contributed by atoms with Crippen molar-refractivity contribution in [1.82, 2.24) is 10.2 Å². The number of hydrogen-bond donors (Lipinski definition) is 2. The highest BCUT2D eigenvalue weighted by molar-refractivity contribution is 5.79. The van der Waals surface area contributed by atoms with Gasteiger partial charge in [-0.3, -0.25) is 0 Å². The number of likely N-dealkylation sites (tertiary alicyclic amines) is 1. The Labute approximate surface area is 109 Å². The number of hydrogen-bond acceptors (Lipinski definition) is 4. The van der Waals surface area contributed by atoms with Crippen LogP contribution in [0.15, 0.2) is 29.4 Å². The Morgan fingerprint density at radius 1 is 1.22 bits per heavy atom. The van der Waals surface area contributed by atoms with Crippen LogP contribution in [-0.4, -0.2) is 37.3 Å². The van der Waals surface area contributed by atoms with Gasteiger partial charge in [0.2, 0.25) is 0 Å². The van der Waals surface area contributed by atoms with Gasteiger partial charge in [0.1, 0.15) is 0 Å². The fraction of sp³-hybridized carbons (Fsp3) is 0.500. The molecule has 0 amide bonds. The molecule has 98 valence electrons. The number of nitrogens with two attached hydrogens (primary N) is 1. The first-order valence-electron chi connectivity index (χ1n) is 6.64. The molecule has 0 radical (unpaired) electrons. The van der Waals surface area contributed by atoms with Crippen molar-refractivity contribution in [3.63, 3.8) is 0 Å². The summed E-state index contributed by atoms with van der Waals surface area (Å²) in [6.45, 7) is 5.70. The van der Waals surface area contributed by atoms with Gasteiger partial charge in [-0.15, -0.1) is 0 Å². The molecular formula is C14H22N4. The molecule has 0 atom stereocenters. The fourth-order valence-electron chi connectivity index (χ4n) is 2.28. The number of hydrazone groups is 1. The van der Waals surface area contributed by atoms with E-state index in [0.29, 0.717) is 0 Å². The standard InChI is InChI=1S/C14H22N4/c15-17-12-14-5-3-13(4-6-14)11-16-7-10-18-8-1-2-9-18/h3-6,12,16H,1-2,7-11,15H2. The molecule has 1 aromatic carbocycles. The summed E-state index contributed by atoms with van der Waals surface area (Å²) in [4.78, 5) is 2.52. The average molecular weight is 246 g/mol. The molecule has 1 fully saturated rings. The van der Waals surface area contributed by atoms with Crippen LogP contribution in [0.25, 0.3) is 0 Å². The number of nitrogens with zero attached hydrogens (tertiary/aromatic N) is 2. The second-order valence-electron chi connectivity index (χ2n) is 4.75. The molecule has 0 bridgehead atoms. The lowest BCUT2D eigenvalue weighted by Crippen LogP contribution is -2.29. The average Bonchev–Trinajstić information content (AvgIpc) is 2.90. The minimum atomic E-state index is 0.924. The lowest BCUT2D eigenvalue weighted by atomic mass is 10.1. The van der Waals surface area contributed by atoms with Gasteiger partial charge in [0, 0.05) is 19.6 Å². The lowest BCUT2D eigenvalue weighted by Gasteiger charge is -2.14. The monoisotopic (exact) mass is 246 g/mol. The fourth-order valence-corrected chi connectivity index (χ4v) is 2.28. The maximum absolute atomic E-state index is 5.11. The topological polar surface area (TPSA) is 53.6 Å². The van der Waals surface area contributed by atoms with E-state index in [1.165, 1.54) is 31.5 Å². The molecule has 1 heterocycles. The van der Waals surface area contributed by atoms with Crippen LogP contribution in [0.2, 0.25) is 0 Å². The highest BCUT2D eigenvalue weighted by Gasteiger charge is 2.09. The minimum absolute atomic E-state index is 0.924. The molecule has 3 N–H and O–H groups in total. The van der Waals surface area contributed by atoms with Crippen molar-refractivity contribution in [3.8, 4) is 0 Å². The van der Waals surface area contributed by atoms with E-state index in [1.807, 2.05) is 12.1 Å². The summed E-state index contributed by atoms with van der Waals surface area (Å²) in [5.41, 5.74) is 2.34. The Kier molecular flexibility index (Phi) is 5.17. The van der Waals surface area contributed by atoms with Gasteiger partial charge in [-0.2, -0.15) is 5.10 Å². The largest absolute Gasteiger partial charge is 0.323 e. The van der Waals surface area contributed by atoms with E-state index in [4.69, 9.17) is 5.84 Å². The molecule has 1 aliphatic heterocycles. The van der Waals surface area contributed by atoms with Crippen LogP contribution in [0.5, 0.6) is 0 Å². The molecule has 1 aromatic rings. The van der Waals surface area contributed by atoms with Gasteiger partial charge in [-0.05, 0) is 37.1 Å². The maximum Gasteiger partial charge on any atom is 0.0538 e. The Bertz CT molecular complexity index is 366. The quantitative estimate of drug-likeness (QED) is 0.343. The summed E-state index contributed by atoms with van der Waals surface area (Å²) in [6, 6.07) is 8.29. The molecular weight excluding hydrogens is 224 g/mol. The summed E-state index contributed by atoms with van der Waals surface area (Å²) in [5.74, 6) is 5.11. The van der Waals surface area contributed by atoms with E-state index >= 15 is 0 Å². The van der Waals surface area contributed by atoms with Crippen molar-refractivity contribution in [2.75, 3.05) is 26.2 Å². The molecule has 0 aromatic heterocycles. The van der Waals surface area contributed by atoms with Crippen LogP contribution in [0.4, 0.5) is 0 Å². The molecule has 1 saturated heterocycles. The van der Waals surface area contributed by atoms with Crippen LogP contribution in [0.1, 0.15) is 24.0 Å². The first kappa shape index (κ1) is 13.1. The van der Waals surface area contributed by atoms with Gasteiger partial charge in [0.25, 0.3) is 0 Å². The molecule has 1 aliphatic rings. The van der Waals surface area contributed by atoms with Crippen LogP contribution in [0.3, 0.4) is 0 Å². The second kappa shape index (κ2) is 7.13. The summed E-state index contributed by atoms with van der Waals surface area (Å²) >= 11 is 0. The van der Waals surface area contributed by atoms with Crippen molar-refractivity contribution in [1.29, 1.82) is 0 Å². The van der Waals surface area contributed by atoms with Crippen LogP contribution >= 0.6 is 0 Å². The summed E-state index contributed by atoms with van der Waals surface area (Å²) in [7, 11) is 0.